The van der Waals surface area contributed by atoms with Crippen LogP contribution in [-0.2, 0) is 14.8 Å². The van der Waals surface area contributed by atoms with Crippen LogP contribution in [0.4, 0.5) is 5.69 Å². The number of nitrogens with zero attached hydrogens (tertiary/aromatic N) is 2. The number of sulfonamides is 1. The average Bonchev–Trinajstić information content (AvgIpc) is 3.04. The number of amides is 1. The number of carbonyl (C=O) groups excluding carboxylic acids is 1. The number of nitrogens with two attached hydrogens (primary N) is 1. The van der Waals surface area contributed by atoms with Crippen molar-refractivity contribution in [3.63, 3.8) is 0 Å². The van der Waals surface area contributed by atoms with Crippen LogP contribution in [0, 0.1) is 18.8 Å². The van der Waals surface area contributed by atoms with Crippen LogP contribution in [0.2, 0.25) is 0 Å². The fraction of sp³-hybridized carbons (Fsp3) is 0.565. The summed E-state index contributed by atoms with van der Waals surface area (Å²) in [5.41, 5.74) is 7.35. The maximum atomic E-state index is 12.8. The highest BCUT2D eigenvalue weighted by molar-refractivity contribution is 7.92. The molecule has 1 amide bonds. The van der Waals surface area contributed by atoms with Crippen LogP contribution < -0.4 is 11.1 Å². The number of piperidine rings is 1. The number of rotatable bonds is 4. The van der Waals surface area contributed by atoms with E-state index in [1.54, 1.807) is 12.1 Å². The third kappa shape index (κ3) is 4.55. The predicted molar refractivity (Wildman–Crippen MR) is 124 cm³/mol. The van der Waals surface area contributed by atoms with E-state index in [4.69, 9.17) is 10.7 Å². The molecule has 3 N–H and O–H groups in total. The normalized spacial score (nSPS) is 26.9. The van der Waals surface area contributed by atoms with Crippen LogP contribution in [0.15, 0.2) is 28.6 Å². The summed E-state index contributed by atoms with van der Waals surface area (Å²) >= 11 is 0. The smallest absolute Gasteiger partial charge is 0.253 e. The molecule has 1 saturated heterocycles. The first-order valence-electron chi connectivity index (χ1n) is 11.1. The monoisotopic (exact) mass is 444 g/mol. The maximum Gasteiger partial charge on any atom is 0.253 e. The number of nitrogen functional groups attached to an aromatic ring is 1. The van der Waals surface area contributed by atoms with Gasteiger partial charge in [0.05, 0.1) is 0 Å². The van der Waals surface area contributed by atoms with Crippen molar-refractivity contribution in [2.75, 3.05) is 18.8 Å². The van der Waals surface area contributed by atoms with Crippen LogP contribution in [0.5, 0.6) is 0 Å². The van der Waals surface area contributed by atoms with Crippen LogP contribution >= 0.6 is 0 Å². The molecule has 1 aliphatic carbocycles. The minimum absolute atomic E-state index is 0.0637. The van der Waals surface area contributed by atoms with Crippen LogP contribution in [0.25, 0.3) is 6.08 Å². The number of anilines is 1. The van der Waals surface area contributed by atoms with Gasteiger partial charge in [-0.1, -0.05) is 25.8 Å². The number of nitrogens with one attached hydrogen (secondary N) is 1. The lowest BCUT2D eigenvalue weighted by atomic mass is 9.82. The van der Waals surface area contributed by atoms with Crippen molar-refractivity contribution in [2.45, 2.75) is 57.9 Å². The molecule has 0 atom stereocenters. The third-order valence-corrected chi connectivity index (χ3v) is 8.59. The Hall–Kier alpha value is -2.19. The molecule has 4 rings (SSSR count). The summed E-state index contributed by atoms with van der Waals surface area (Å²) < 4.78 is 27.1. The largest absolute Gasteiger partial charge is 0.399 e. The quantitative estimate of drug-likeness (QED) is 0.696. The molecular weight excluding hydrogens is 412 g/mol. The van der Waals surface area contributed by atoms with Crippen molar-refractivity contribution < 1.29 is 13.2 Å². The first kappa shape index (κ1) is 22.0. The summed E-state index contributed by atoms with van der Waals surface area (Å²) in [5.74, 6) is 1.83. The molecule has 1 spiro atoms. The molecule has 0 radical (unpaired) electrons. The van der Waals surface area contributed by atoms with E-state index in [0.29, 0.717) is 37.5 Å². The van der Waals surface area contributed by atoms with Gasteiger partial charge < -0.3 is 11.1 Å². The standard InChI is InChI=1S/C23H32N4O3S/c1-16-3-5-19(6-4-16)21-25-22(28)23(26-21)10-12-27(13-11-23)31(29,30)14-9-18-7-8-20(24)15-17(18)2/h7-9,14-16,19H,3-6,10-13,24H2,1-2H3,(H,25,26,28)/b14-9+. The van der Waals surface area contributed by atoms with Gasteiger partial charge in [-0.15, -0.1) is 0 Å². The van der Waals surface area contributed by atoms with Gasteiger partial charge >= 0.3 is 0 Å². The van der Waals surface area contributed by atoms with E-state index in [1.807, 2.05) is 19.1 Å². The van der Waals surface area contributed by atoms with Gasteiger partial charge in [0.25, 0.3) is 5.91 Å². The Balaban J connectivity index is 1.42. The summed E-state index contributed by atoms with van der Waals surface area (Å²) in [4.78, 5) is 17.6. The molecular formula is C23H32N4O3S. The molecule has 1 saturated carbocycles. The van der Waals surface area contributed by atoms with Gasteiger partial charge in [0.1, 0.15) is 11.4 Å². The van der Waals surface area contributed by atoms with Gasteiger partial charge in [-0.2, -0.15) is 4.31 Å². The molecule has 3 aliphatic rings. The highest BCUT2D eigenvalue weighted by Crippen LogP contribution is 2.36. The average molecular weight is 445 g/mol. The van der Waals surface area contributed by atoms with Gasteiger partial charge in [0.2, 0.25) is 10.0 Å². The number of aliphatic imine (C=N–C) groups is 1. The Morgan fingerprint density at radius 1 is 1.19 bits per heavy atom. The third-order valence-electron chi connectivity index (χ3n) is 7.02. The van der Waals surface area contributed by atoms with E-state index < -0.39 is 15.6 Å². The Bertz CT molecular complexity index is 1020. The number of hydrogen-bond acceptors (Lipinski definition) is 5. The van der Waals surface area contributed by atoms with Crippen molar-refractivity contribution in [3.8, 4) is 0 Å². The second kappa shape index (κ2) is 8.39. The molecule has 31 heavy (non-hydrogen) atoms. The van der Waals surface area contributed by atoms with Crippen LogP contribution in [-0.4, -0.2) is 43.1 Å². The van der Waals surface area contributed by atoms with Crippen molar-refractivity contribution in [1.82, 2.24) is 9.62 Å². The zero-order valence-corrected chi connectivity index (χ0v) is 19.1. The maximum absolute atomic E-state index is 12.8. The Morgan fingerprint density at radius 2 is 1.87 bits per heavy atom. The number of amidine groups is 1. The first-order valence-corrected chi connectivity index (χ1v) is 12.6. The van der Waals surface area contributed by atoms with Crippen molar-refractivity contribution in [2.24, 2.45) is 16.8 Å². The van der Waals surface area contributed by atoms with Crippen molar-refractivity contribution >= 4 is 33.5 Å². The topological polar surface area (TPSA) is 105 Å². The van der Waals surface area contributed by atoms with Gasteiger partial charge in [-0.25, -0.2) is 8.42 Å². The Morgan fingerprint density at radius 3 is 2.52 bits per heavy atom. The summed E-state index contributed by atoms with van der Waals surface area (Å²) in [6.07, 6.45) is 6.89. The van der Waals surface area contributed by atoms with E-state index in [1.165, 1.54) is 22.6 Å². The highest BCUT2D eigenvalue weighted by atomic mass is 32.2. The zero-order chi connectivity index (χ0) is 22.2. The Kier molecular flexibility index (Phi) is 5.96. The zero-order valence-electron chi connectivity index (χ0n) is 18.3. The van der Waals surface area contributed by atoms with Gasteiger partial charge in [0.15, 0.2) is 0 Å². The van der Waals surface area contributed by atoms with E-state index in [-0.39, 0.29) is 5.91 Å². The molecule has 2 heterocycles. The van der Waals surface area contributed by atoms with E-state index in [2.05, 4.69) is 12.2 Å². The minimum atomic E-state index is -3.57. The molecule has 0 aromatic heterocycles. The molecule has 168 valence electrons. The molecule has 8 heteroatoms. The fourth-order valence-corrected chi connectivity index (χ4v) is 6.03. The molecule has 1 aromatic carbocycles. The summed E-state index contributed by atoms with van der Waals surface area (Å²) in [5, 5.41) is 4.28. The lowest BCUT2D eigenvalue weighted by Crippen LogP contribution is -2.50. The summed E-state index contributed by atoms with van der Waals surface area (Å²) in [6.45, 7) is 4.75. The number of aryl methyl sites for hydroxylation is 1. The SMILES string of the molecule is Cc1cc(N)ccc1/C=C/S(=O)(=O)N1CCC2(CC1)N=C(C1CCC(C)CC1)NC2=O. The number of carbonyl (C=O) groups is 1. The van der Waals surface area contributed by atoms with Gasteiger partial charge in [0, 0.05) is 30.1 Å². The lowest BCUT2D eigenvalue weighted by Gasteiger charge is -2.34. The van der Waals surface area contributed by atoms with Gasteiger partial charge in [-0.3, -0.25) is 9.79 Å². The molecule has 2 aliphatic heterocycles. The van der Waals surface area contributed by atoms with Crippen LogP contribution in [0.1, 0.15) is 56.6 Å². The second-order valence-electron chi connectivity index (χ2n) is 9.30. The molecule has 0 unspecified atom stereocenters. The molecule has 2 fully saturated rings. The fourth-order valence-electron chi connectivity index (χ4n) is 4.85. The lowest BCUT2D eigenvalue weighted by molar-refractivity contribution is -0.124. The molecule has 0 bridgehead atoms. The minimum Gasteiger partial charge on any atom is -0.399 e. The summed E-state index contributed by atoms with van der Waals surface area (Å²) in [7, 11) is -3.57. The number of benzene rings is 1. The Labute approximate surface area is 184 Å². The number of hydrogen-bond donors (Lipinski definition) is 2. The van der Waals surface area contributed by atoms with Crippen molar-refractivity contribution in [3.05, 3.63) is 34.7 Å². The van der Waals surface area contributed by atoms with E-state index in [9.17, 15) is 13.2 Å². The predicted octanol–water partition coefficient (Wildman–Crippen LogP) is 3.07. The van der Waals surface area contributed by atoms with Crippen LogP contribution in [0.3, 0.4) is 0 Å². The highest BCUT2D eigenvalue weighted by Gasteiger charge is 2.48. The second-order valence-corrected chi connectivity index (χ2v) is 11.1. The van der Waals surface area contributed by atoms with E-state index >= 15 is 0 Å². The summed E-state index contributed by atoms with van der Waals surface area (Å²) in [6, 6.07) is 5.39. The van der Waals surface area contributed by atoms with Crippen molar-refractivity contribution in [1.29, 1.82) is 0 Å². The van der Waals surface area contributed by atoms with Gasteiger partial charge in [-0.05, 0) is 67.9 Å². The molecule has 1 aromatic rings. The van der Waals surface area contributed by atoms with E-state index in [0.717, 1.165) is 35.7 Å². The first-order chi connectivity index (χ1) is 14.7. The molecule has 7 nitrogen and oxygen atoms in total.